The fraction of sp³-hybridized carbons (Fsp3) is 0.625. The molecule has 0 spiro atoms. The Morgan fingerprint density at radius 2 is 2.28 bits per heavy atom. The van der Waals surface area contributed by atoms with Gasteiger partial charge in [-0.25, -0.2) is 0 Å². The number of nitrogens with zero attached hydrogens (tertiary/aromatic N) is 2. The first-order valence-corrected chi connectivity index (χ1v) is 7.26. The van der Waals surface area contributed by atoms with E-state index in [0.717, 1.165) is 5.92 Å². The van der Waals surface area contributed by atoms with Gasteiger partial charge in [-0.05, 0) is 30.7 Å². The highest BCUT2D eigenvalue weighted by atomic mass is 15.2. The van der Waals surface area contributed by atoms with Crippen molar-refractivity contribution in [2.45, 2.75) is 19.4 Å². The van der Waals surface area contributed by atoms with Gasteiger partial charge in [-0.15, -0.1) is 0 Å². The largest absolute Gasteiger partial charge is 0.373 e. The van der Waals surface area contributed by atoms with Crippen LogP contribution in [0.2, 0.25) is 0 Å². The second kappa shape index (κ2) is 3.51. The highest BCUT2D eigenvalue weighted by Crippen LogP contribution is 2.63. The number of allylic oxidation sites excluding steroid dienone is 1. The first-order chi connectivity index (χ1) is 8.73. The molecule has 4 unspecified atom stereocenters. The van der Waals surface area contributed by atoms with Gasteiger partial charge in [0.1, 0.15) is 0 Å². The number of hydrogen-bond donors (Lipinski definition) is 0. The molecule has 4 rings (SSSR count). The molecule has 0 bridgehead atoms. The van der Waals surface area contributed by atoms with Crippen molar-refractivity contribution in [3.8, 4) is 0 Å². The standard InChI is InChI=1S/C16H22N2/c1-3-18-10-14-9-16(14,11-18)13-4-5-15-12(8-13)6-7-17(15)2/h4-8,12,14-15H,3,9-11H2,1-2H3. The minimum absolute atomic E-state index is 0.534. The van der Waals surface area contributed by atoms with E-state index < -0.39 is 0 Å². The van der Waals surface area contributed by atoms with Gasteiger partial charge in [0.05, 0.1) is 6.04 Å². The maximum atomic E-state index is 2.62. The molecule has 18 heavy (non-hydrogen) atoms. The summed E-state index contributed by atoms with van der Waals surface area (Å²) in [5, 5.41) is 0. The van der Waals surface area contributed by atoms with Gasteiger partial charge < -0.3 is 9.80 Å². The minimum atomic E-state index is 0.534. The Morgan fingerprint density at radius 1 is 1.39 bits per heavy atom. The summed E-state index contributed by atoms with van der Waals surface area (Å²) in [6.07, 6.45) is 13.4. The van der Waals surface area contributed by atoms with E-state index in [2.05, 4.69) is 54.3 Å². The molecule has 0 aromatic rings. The SMILES string of the molecule is CCN1CC2CC2(C2=CC3C=CN(C)C3C=C2)C1. The van der Waals surface area contributed by atoms with Crippen LogP contribution in [-0.4, -0.2) is 42.5 Å². The summed E-state index contributed by atoms with van der Waals surface area (Å²) in [6, 6.07) is 0.575. The van der Waals surface area contributed by atoms with Crippen LogP contribution in [0.15, 0.2) is 36.1 Å². The fourth-order valence-electron chi connectivity index (χ4n) is 4.21. The van der Waals surface area contributed by atoms with E-state index in [1.165, 1.54) is 26.1 Å². The van der Waals surface area contributed by atoms with E-state index in [-0.39, 0.29) is 0 Å². The highest BCUT2D eigenvalue weighted by molar-refractivity contribution is 5.42. The van der Waals surface area contributed by atoms with Crippen LogP contribution < -0.4 is 0 Å². The Hall–Kier alpha value is -1.02. The zero-order valence-electron chi connectivity index (χ0n) is 11.3. The van der Waals surface area contributed by atoms with Crippen LogP contribution in [0.4, 0.5) is 0 Å². The molecule has 2 nitrogen and oxygen atoms in total. The Bertz CT molecular complexity index is 462. The maximum absolute atomic E-state index is 2.62. The van der Waals surface area contributed by atoms with Crippen molar-refractivity contribution in [2.24, 2.45) is 17.3 Å². The molecule has 0 radical (unpaired) electrons. The Kier molecular flexibility index (Phi) is 2.12. The lowest BCUT2D eigenvalue weighted by Crippen LogP contribution is -2.29. The molecule has 0 N–H and O–H groups in total. The van der Waals surface area contributed by atoms with Crippen molar-refractivity contribution in [3.05, 3.63) is 36.1 Å². The monoisotopic (exact) mass is 242 g/mol. The third-order valence-electron chi connectivity index (χ3n) is 5.49. The molecule has 0 aromatic heterocycles. The minimum Gasteiger partial charge on any atom is -0.373 e. The first-order valence-electron chi connectivity index (χ1n) is 7.26. The van der Waals surface area contributed by atoms with Crippen LogP contribution in [0.3, 0.4) is 0 Å². The molecule has 1 saturated carbocycles. The molecule has 0 aromatic carbocycles. The van der Waals surface area contributed by atoms with Crippen LogP contribution >= 0.6 is 0 Å². The van der Waals surface area contributed by atoms with Crippen LogP contribution in [0.25, 0.3) is 0 Å². The van der Waals surface area contributed by atoms with Gasteiger partial charge in [-0.1, -0.05) is 31.2 Å². The molecule has 1 saturated heterocycles. The number of piperidine rings is 1. The van der Waals surface area contributed by atoms with Gasteiger partial charge in [-0.3, -0.25) is 0 Å². The average molecular weight is 242 g/mol. The zero-order chi connectivity index (χ0) is 12.3. The molecule has 2 aliphatic heterocycles. The van der Waals surface area contributed by atoms with E-state index in [1.807, 2.05) is 0 Å². The average Bonchev–Trinajstić information content (AvgIpc) is 2.79. The molecule has 2 heteroatoms. The summed E-state index contributed by atoms with van der Waals surface area (Å²) in [5.74, 6) is 1.55. The van der Waals surface area contributed by atoms with Gasteiger partial charge in [0.25, 0.3) is 0 Å². The van der Waals surface area contributed by atoms with Crippen molar-refractivity contribution in [1.29, 1.82) is 0 Å². The van der Waals surface area contributed by atoms with Gasteiger partial charge in [0, 0.05) is 31.5 Å². The molecule has 96 valence electrons. The molecule has 4 aliphatic rings. The number of likely N-dealkylation sites (tertiary alicyclic amines) is 1. The van der Waals surface area contributed by atoms with Crippen LogP contribution in [0, 0.1) is 17.3 Å². The molecular formula is C16H22N2. The van der Waals surface area contributed by atoms with Gasteiger partial charge in [0.2, 0.25) is 0 Å². The van der Waals surface area contributed by atoms with Crippen molar-refractivity contribution in [3.63, 3.8) is 0 Å². The van der Waals surface area contributed by atoms with Gasteiger partial charge in [0.15, 0.2) is 0 Å². The van der Waals surface area contributed by atoms with E-state index in [9.17, 15) is 0 Å². The first kappa shape index (κ1) is 10.9. The quantitative estimate of drug-likeness (QED) is 0.733. The second-order valence-corrected chi connectivity index (χ2v) is 6.44. The predicted octanol–water partition coefficient (Wildman–Crippen LogP) is 2.27. The third-order valence-corrected chi connectivity index (χ3v) is 5.49. The topological polar surface area (TPSA) is 6.48 Å². The number of hydrogen-bond acceptors (Lipinski definition) is 2. The van der Waals surface area contributed by atoms with Crippen molar-refractivity contribution >= 4 is 0 Å². The van der Waals surface area contributed by atoms with Crippen LogP contribution in [0.5, 0.6) is 0 Å². The lowest BCUT2D eigenvalue weighted by atomic mass is 9.84. The Labute approximate surface area is 110 Å². The zero-order valence-corrected chi connectivity index (χ0v) is 11.3. The van der Waals surface area contributed by atoms with Gasteiger partial charge in [-0.2, -0.15) is 0 Å². The Balaban J connectivity index is 1.59. The number of fused-ring (bicyclic) bond motifs is 2. The number of likely N-dealkylation sites (N-methyl/N-ethyl adjacent to an activating group) is 1. The fourth-order valence-corrected chi connectivity index (χ4v) is 4.21. The summed E-state index contributed by atoms with van der Waals surface area (Å²) in [4.78, 5) is 4.94. The van der Waals surface area contributed by atoms with Crippen LogP contribution in [-0.2, 0) is 0 Å². The van der Waals surface area contributed by atoms with E-state index in [0.29, 0.717) is 17.4 Å². The lowest BCUT2D eigenvalue weighted by molar-refractivity contribution is 0.305. The molecular weight excluding hydrogens is 220 g/mol. The van der Waals surface area contributed by atoms with E-state index >= 15 is 0 Å². The molecule has 2 heterocycles. The van der Waals surface area contributed by atoms with Gasteiger partial charge >= 0.3 is 0 Å². The Morgan fingerprint density at radius 3 is 3.06 bits per heavy atom. The van der Waals surface area contributed by atoms with Crippen molar-refractivity contribution in [2.75, 3.05) is 26.7 Å². The molecule has 2 aliphatic carbocycles. The molecule has 0 amide bonds. The molecule has 2 fully saturated rings. The summed E-state index contributed by atoms with van der Waals surface area (Å²) in [6.45, 7) is 6.12. The smallest absolute Gasteiger partial charge is 0.0565 e. The predicted molar refractivity (Wildman–Crippen MR) is 74.1 cm³/mol. The highest BCUT2D eigenvalue weighted by Gasteiger charge is 2.61. The summed E-state index contributed by atoms with van der Waals surface area (Å²) >= 11 is 0. The van der Waals surface area contributed by atoms with E-state index in [1.54, 1.807) is 5.57 Å². The summed E-state index contributed by atoms with van der Waals surface area (Å²) in [5.41, 5.74) is 2.16. The van der Waals surface area contributed by atoms with Crippen LogP contribution in [0.1, 0.15) is 13.3 Å². The van der Waals surface area contributed by atoms with Crippen molar-refractivity contribution < 1.29 is 0 Å². The number of rotatable bonds is 2. The van der Waals surface area contributed by atoms with E-state index in [4.69, 9.17) is 0 Å². The molecule has 4 atom stereocenters. The third kappa shape index (κ3) is 1.33. The summed E-state index contributed by atoms with van der Waals surface area (Å²) in [7, 11) is 2.18. The van der Waals surface area contributed by atoms with Crippen molar-refractivity contribution in [1.82, 2.24) is 9.80 Å². The lowest BCUT2D eigenvalue weighted by Gasteiger charge is -2.28. The summed E-state index contributed by atoms with van der Waals surface area (Å²) < 4.78 is 0. The second-order valence-electron chi connectivity index (χ2n) is 6.44. The maximum Gasteiger partial charge on any atom is 0.0565 e. The normalized spacial score (nSPS) is 45.1.